The standard InChI is InChI=1S/C27H28N4O2S/c1-20-11-9-10-16-24(20)33-19-25-29-30-27(31(25)23-14-7-4-8-15-23)34-21(2)26(32)28-18-17-22-12-5-3-6-13-22/h3-16,21H,17-19H2,1-2H3,(H,28,32). The maximum atomic E-state index is 12.7. The minimum Gasteiger partial charge on any atom is -0.485 e. The zero-order valence-corrected chi connectivity index (χ0v) is 20.2. The third-order valence-corrected chi connectivity index (χ3v) is 6.41. The van der Waals surface area contributed by atoms with Gasteiger partial charge in [0.15, 0.2) is 11.0 Å². The first kappa shape index (κ1) is 23.6. The van der Waals surface area contributed by atoms with Gasteiger partial charge in [0.2, 0.25) is 5.91 Å². The van der Waals surface area contributed by atoms with Crippen molar-refractivity contribution in [2.24, 2.45) is 0 Å². The van der Waals surface area contributed by atoms with Gasteiger partial charge < -0.3 is 10.1 Å². The topological polar surface area (TPSA) is 69.0 Å². The van der Waals surface area contributed by atoms with Crippen molar-refractivity contribution in [2.45, 2.75) is 37.3 Å². The molecule has 1 N–H and O–H groups in total. The number of amides is 1. The van der Waals surface area contributed by atoms with E-state index in [1.165, 1.54) is 17.3 Å². The first-order valence-corrected chi connectivity index (χ1v) is 12.2. The summed E-state index contributed by atoms with van der Waals surface area (Å²) < 4.78 is 7.99. The molecular weight excluding hydrogens is 444 g/mol. The predicted molar refractivity (Wildman–Crippen MR) is 135 cm³/mol. The number of rotatable bonds is 10. The molecule has 1 aromatic heterocycles. The molecule has 0 aliphatic carbocycles. The van der Waals surface area contributed by atoms with E-state index in [4.69, 9.17) is 4.74 Å². The van der Waals surface area contributed by atoms with E-state index in [0.717, 1.165) is 23.4 Å². The van der Waals surface area contributed by atoms with Crippen LogP contribution in [-0.4, -0.2) is 32.5 Å². The van der Waals surface area contributed by atoms with E-state index in [1.807, 2.05) is 91.2 Å². The SMILES string of the molecule is Cc1ccccc1OCc1nnc(SC(C)C(=O)NCCc2ccccc2)n1-c1ccccc1. The third-order valence-electron chi connectivity index (χ3n) is 5.37. The monoisotopic (exact) mass is 472 g/mol. The molecule has 4 aromatic rings. The molecule has 6 nitrogen and oxygen atoms in total. The van der Waals surface area contributed by atoms with E-state index in [-0.39, 0.29) is 17.8 Å². The molecule has 34 heavy (non-hydrogen) atoms. The molecule has 0 fully saturated rings. The van der Waals surface area contributed by atoms with Gasteiger partial charge in [0.05, 0.1) is 5.25 Å². The van der Waals surface area contributed by atoms with Crippen molar-refractivity contribution in [2.75, 3.05) is 6.54 Å². The second-order valence-corrected chi connectivity index (χ2v) is 9.22. The van der Waals surface area contributed by atoms with Gasteiger partial charge >= 0.3 is 0 Å². The van der Waals surface area contributed by atoms with Crippen LogP contribution in [-0.2, 0) is 17.8 Å². The van der Waals surface area contributed by atoms with Gasteiger partial charge in [-0.1, -0.05) is 78.5 Å². The first-order valence-electron chi connectivity index (χ1n) is 11.3. The smallest absolute Gasteiger partial charge is 0.233 e. The van der Waals surface area contributed by atoms with Crippen LogP contribution in [0.25, 0.3) is 5.69 Å². The predicted octanol–water partition coefficient (Wildman–Crippen LogP) is 4.99. The Morgan fingerprint density at radius 3 is 2.38 bits per heavy atom. The maximum Gasteiger partial charge on any atom is 0.233 e. The molecule has 0 spiro atoms. The molecule has 0 aliphatic heterocycles. The summed E-state index contributed by atoms with van der Waals surface area (Å²) in [6.07, 6.45) is 0.796. The summed E-state index contributed by atoms with van der Waals surface area (Å²) in [4.78, 5) is 12.7. The van der Waals surface area contributed by atoms with E-state index in [9.17, 15) is 4.79 Å². The van der Waals surface area contributed by atoms with Gasteiger partial charge in [0, 0.05) is 12.2 Å². The second-order valence-electron chi connectivity index (χ2n) is 7.91. The van der Waals surface area contributed by atoms with Gasteiger partial charge in [-0.3, -0.25) is 9.36 Å². The lowest BCUT2D eigenvalue weighted by Crippen LogP contribution is -2.32. The number of ether oxygens (including phenoxy) is 1. The molecule has 0 saturated carbocycles. The zero-order valence-electron chi connectivity index (χ0n) is 19.3. The van der Waals surface area contributed by atoms with Gasteiger partial charge in [-0.25, -0.2) is 0 Å². The van der Waals surface area contributed by atoms with Crippen LogP contribution in [0.4, 0.5) is 0 Å². The van der Waals surface area contributed by atoms with Crippen LogP contribution in [0.1, 0.15) is 23.9 Å². The fraction of sp³-hybridized carbons (Fsp3) is 0.222. The molecule has 4 rings (SSSR count). The molecule has 1 atom stereocenters. The Morgan fingerprint density at radius 1 is 0.971 bits per heavy atom. The minimum atomic E-state index is -0.326. The van der Waals surface area contributed by atoms with E-state index >= 15 is 0 Å². The van der Waals surface area contributed by atoms with Crippen molar-refractivity contribution in [1.82, 2.24) is 20.1 Å². The zero-order chi connectivity index (χ0) is 23.8. The molecule has 174 valence electrons. The van der Waals surface area contributed by atoms with Gasteiger partial charge in [-0.2, -0.15) is 0 Å². The molecule has 0 aliphatic rings. The minimum absolute atomic E-state index is 0.0266. The Morgan fingerprint density at radius 2 is 1.65 bits per heavy atom. The fourth-order valence-corrected chi connectivity index (χ4v) is 4.41. The van der Waals surface area contributed by atoms with Crippen molar-refractivity contribution in [3.8, 4) is 11.4 Å². The number of carbonyl (C=O) groups is 1. The lowest BCUT2D eigenvalue weighted by atomic mass is 10.1. The number of thioether (sulfide) groups is 1. The van der Waals surface area contributed by atoms with Crippen LogP contribution in [0.2, 0.25) is 0 Å². The van der Waals surface area contributed by atoms with Crippen LogP contribution < -0.4 is 10.1 Å². The molecule has 1 unspecified atom stereocenters. The van der Waals surface area contributed by atoms with E-state index in [0.29, 0.717) is 17.5 Å². The van der Waals surface area contributed by atoms with Gasteiger partial charge in [-0.15, -0.1) is 10.2 Å². The lowest BCUT2D eigenvalue weighted by Gasteiger charge is -2.14. The highest BCUT2D eigenvalue weighted by Gasteiger charge is 2.21. The highest BCUT2D eigenvalue weighted by Crippen LogP contribution is 2.27. The molecule has 3 aromatic carbocycles. The van der Waals surface area contributed by atoms with Gasteiger partial charge in [0.1, 0.15) is 12.4 Å². The highest BCUT2D eigenvalue weighted by molar-refractivity contribution is 8.00. The van der Waals surface area contributed by atoms with Gasteiger partial charge in [0.25, 0.3) is 0 Å². The van der Waals surface area contributed by atoms with E-state index < -0.39 is 0 Å². The number of carbonyl (C=O) groups excluding carboxylic acids is 1. The first-order chi connectivity index (χ1) is 16.6. The van der Waals surface area contributed by atoms with Crippen LogP contribution in [0.5, 0.6) is 5.75 Å². The summed E-state index contributed by atoms with van der Waals surface area (Å²) in [5.74, 6) is 1.46. The van der Waals surface area contributed by atoms with E-state index in [1.54, 1.807) is 0 Å². The number of para-hydroxylation sites is 2. The summed E-state index contributed by atoms with van der Waals surface area (Å²) in [6.45, 7) is 4.76. The van der Waals surface area contributed by atoms with Crippen LogP contribution >= 0.6 is 11.8 Å². The molecule has 0 saturated heterocycles. The number of hydrogen-bond donors (Lipinski definition) is 1. The summed E-state index contributed by atoms with van der Waals surface area (Å²) >= 11 is 1.39. The molecule has 7 heteroatoms. The number of hydrogen-bond acceptors (Lipinski definition) is 5. The maximum absolute atomic E-state index is 12.7. The Bertz CT molecular complexity index is 1210. The average Bonchev–Trinajstić information content (AvgIpc) is 3.26. The number of nitrogens with zero attached hydrogens (tertiary/aromatic N) is 3. The molecule has 1 amide bonds. The molecule has 1 heterocycles. The van der Waals surface area contributed by atoms with Crippen LogP contribution in [0.15, 0.2) is 90.1 Å². The Kier molecular flexibility index (Phi) is 7.99. The lowest BCUT2D eigenvalue weighted by molar-refractivity contribution is -0.120. The number of aryl methyl sites for hydroxylation is 1. The highest BCUT2D eigenvalue weighted by atomic mass is 32.2. The van der Waals surface area contributed by atoms with Crippen molar-refractivity contribution >= 4 is 17.7 Å². The van der Waals surface area contributed by atoms with Crippen molar-refractivity contribution in [3.63, 3.8) is 0 Å². The Balaban J connectivity index is 1.45. The quantitative estimate of drug-likeness (QED) is 0.329. The Hall–Kier alpha value is -3.58. The summed E-state index contributed by atoms with van der Waals surface area (Å²) in [7, 11) is 0. The second kappa shape index (κ2) is 11.5. The van der Waals surface area contributed by atoms with Crippen LogP contribution in [0, 0.1) is 6.92 Å². The van der Waals surface area contributed by atoms with Crippen molar-refractivity contribution in [3.05, 3.63) is 102 Å². The average molecular weight is 473 g/mol. The summed E-state index contributed by atoms with van der Waals surface area (Å²) in [6, 6.07) is 27.9. The number of nitrogens with one attached hydrogen (secondary N) is 1. The fourth-order valence-electron chi connectivity index (χ4n) is 3.50. The molecule has 0 bridgehead atoms. The number of benzene rings is 3. The Labute approximate surface area is 204 Å². The van der Waals surface area contributed by atoms with Gasteiger partial charge in [-0.05, 0) is 49.6 Å². The molecular formula is C27H28N4O2S. The van der Waals surface area contributed by atoms with Crippen LogP contribution in [0.3, 0.4) is 0 Å². The third kappa shape index (κ3) is 6.05. The van der Waals surface area contributed by atoms with Crippen molar-refractivity contribution < 1.29 is 9.53 Å². The molecule has 0 radical (unpaired) electrons. The number of aromatic nitrogens is 3. The largest absolute Gasteiger partial charge is 0.485 e. The summed E-state index contributed by atoms with van der Waals surface area (Å²) in [5.41, 5.74) is 3.18. The van der Waals surface area contributed by atoms with Crippen molar-refractivity contribution in [1.29, 1.82) is 0 Å². The van der Waals surface area contributed by atoms with E-state index in [2.05, 4.69) is 27.6 Å². The summed E-state index contributed by atoms with van der Waals surface area (Å²) in [5, 5.41) is 12.1. The normalized spacial score (nSPS) is 11.7.